The van der Waals surface area contributed by atoms with Crippen LogP contribution in [0.2, 0.25) is 0 Å². The average molecular weight is 265 g/mol. The van der Waals surface area contributed by atoms with E-state index in [1.54, 1.807) is 37.3 Å². The summed E-state index contributed by atoms with van der Waals surface area (Å²) in [4.78, 5) is 12.1. The molecule has 2 atom stereocenters. The quantitative estimate of drug-likeness (QED) is 0.777. The molecule has 1 saturated carbocycles. The molecule has 5 heteroatoms. The van der Waals surface area contributed by atoms with Gasteiger partial charge in [-0.05, 0) is 12.5 Å². The smallest absolute Gasteiger partial charge is 0.330 e. The molecule has 1 fully saturated rings. The third-order valence-corrected chi connectivity index (χ3v) is 3.66. The summed E-state index contributed by atoms with van der Waals surface area (Å²) in [6.45, 7) is 1.71. The third kappa shape index (κ3) is 1.43. The van der Waals surface area contributed by atoms with E-state index in [2.05, 4.69) is 0 Å². The van der Waals surface area contributed by atoms with Crippen LogP contribution in [-0.4, -0.2) is 12.6 Å². The predicted molar refractivity (Wildman–Crippen MR) is 67.5 cm³/mol. The summed E-state index contributed by atoms with van der Waals surface area (Å²) in [5.41, 5.74) is -2.81. The van der Waals surface area contributed by atoms with Gasteiger partial charge in [-0.2, -0.15) is 15.8 Å². The second-order valence-electron chi connectivity index (χ2n) is 4.52. The lowest BCUT2D eigenvalue weighted by molar-refractivity contribution is -0.148. The van der Waals surface area contributed by atoms with Crippen molar-refractivity contribution in [1.29, 1.82) is 15.8 Å². The summed E-state index contributed by atoms with van der Waals surface area (Å²) in [5.74, 6) is -1.59. The summed E-state index contributed by atoms with van der Waals surface area (Å²) in [6.07, 6.45) is 0. The Morgan fingerprint density at radius 3 is 2.25 bits per heavy atom. The molecule has 0 N–H and O–H groups in total. The molecule has 98 valence electrons. The number of benzene rings is 1. The van der Waals surface area contributed by atoms with Crippen LogP contribution in [0, 0.1) is 44.8 Å². The molecule has 1 aliphatic carbocycles. The fourth-order valence-electron chi connectivity index (χ4n) is 2.67. The average Bonchev–Trinajstić information content (AvgIpc) is 3.12. The zero-order valence-corrected chi connectivity index (χ0v) is 10.8. The Bertz CT molecular complexity index is 649. The lowest BCUT2D eigenvalue weighted by Gasteiger charge is -2.07. The number of nitriles is 3. The van der Waals surface area contributed by atoms with Crippen LogP contribution in [0.25, 0.3) is 0 Å². The maximum Gasteiger partial charge on any atom is 0.330 e. The Morgan fingerprint density at radius 2 is 1.80 bits per heavy atom. The van der Waals surface area contributed by atoms with Crippen molar-refractivity contribution in [3.8, 4) is 18.2 Å². The van der Waals surface area contributed by atoms with Crippen LogP contribution in [-0.2, 0) is 9.53 Å². The van der Waals surface area contributed by atoms with Crippen molar-refractivity contribution in [2.24, 2.45) is 10.8 Å². The Hall–Kier alpha value is -2.84. The molecule has 0 spiro atoms. The minimum atomic E-state index is -1.74. The van der Waals surface area contributed by atoms with E-state index in [4.69, 9.17) is 4.74 Å². The highest BCUT2D eigenvalue weighted by Gasteiger charge is 2.85. The first-order valence-corrected chi connectivity index (χ1v) is 6.10. The van der Waals surface area contributed by atoms with Crippen molar-refractivity contribution >= 4 is 5.97 Å². The summed E-state index contributed by atoms with van der Waals surface area (Å²) in [6, 6.07) is 14.2. The first-order chi connectivity index (χ1) is 9.64. The van der Waals surface area contributed by atoms with Gasteiger partial charge in [-0.1, -0.05) is 30.3 Å². The highest BCUT2D eigenvalue weighted by Crippen LogP contribution is 2.74. The topological polar surface area (TPSA) is 97.7 Å². The molecule has 1 aromatic carbocycles. The van der Waals surface area contributed by atoms with Crippen molar-refractivity contribution in [3.63, 3.8) is 0 Å². The van der Waals surface area contributed by atoms with E-state index < -0.39 is 22.7 Å². The van der Waals surface area contributed by atoms with Crippen LogP contribution in [0.5, 0.6) is 0 Å². The van der Waals surface area contributed by atoms with Gasteiger partial charge in [0.25, 0.3) is 0 Å². The zero-order chi connectivity index (χ0) is 14.8. The highest BCUT2D eigenvalue weighted by molar-refractivity contribution is 5.91. The van der Waals surface area contributed by atoms with Gasteiger partial charge in [-0.15, -0.1) is 0 Å². The van der Waals surface area contributed by atoms with Crippen molar-refractivity contribution in [1.82, 2.24) is 0 Å². The summed E-state index contributed by atoms with van der Waals surface area (Å²) < 4.78 is 4.91. The van der Waals surface area contributed by atoms with Gasteiger partial charge in [0, 0.05) is 0 Å². The molecule has 0 aliphatic heterocycles. The maximum atomic E-state index is 12.1. The molecule has 2 rings (SSSR count). The molecule has 0 amide bonds. The predicted octanol–water partition coefficient (Wildman–Crippen LogP) is 1.89. The Kier molecular flexibility index (Phi) is 3.18. The van der Waals surface area contributed by atoms with Crippen LogP contribution in [0.3, 0.4) is 0 Å². The van der Waals surface area contributed by atoms with Crippen molar-refractivity contribution < 1.29 is 9.53 Å². The molecule has 0 heterocycles. The van der Waals surface area contributed by atoms with Gasteiger partial charge in [-0.25, -0.2) is 0 Å². The summed E-state index contributed by atoms with van der Waals surface area (Å²) in [5, 5.41) is 28.1. The normalized spacial score (nSPS) is 25.6. The highest BCUT2D eigenvalue weighted by atomic mass is 16.5. The van der Waals surface area contributed by atoms with Gasteiger partial charge >= 0.3 is 5.97 Å². The van der Waals surface area contributed by atoms with Gasteiger partial charge < -0.3 is 4.74 Å². The second-order valence-corrected chi connectivity index (χ2v) is 4.52. The number of esters is 1. The van der Waals surface area contributed by atoms with E-state index in [1.807, 2.05) is 18.2 Å². The molecule has 5 nitrogen and oxygen atoms in total. The van der Waals surface area contributed by atoms with Crippen LogP contribution in [0.15, 0.2) is 30.3 Å². The summed E-state index contributed by atoms with van der Waals surface area (Å²) >= 11 is 0. The number of ether oxygens (including phenoxy) is 1. The third-order valence-electron chi connectivity index (χ3n) is 3.66. The van der Waals surface area contributed by atoms with Crippen LogP contribution >= 0.6 is 0 Å². The molecule has 0 unspecified atom stereocenters. The molecular weight excluding hydrogens is 254 g/mol. The molecular formula is C15H11N3O2. The lowest BCUT2D eigenvalue weighted by atomic mass is 9.97. The zero-order valence-electron chi connectivity index (χ0n) is 10.8. The Morgan fingerprint density at radius 1 is 1.20 bits per heavy atom. The fourth-order valence-corrected chi connectivity index (χ4v) is 2.67. The van der Waals surface area contributed by atoms with E-state index in [0.29, 0.717) is 5.56 Å². The standard InChI is InChI=1S/C15H11N3O2/c1-2-20-13(19)15(10-18)12(14(15,8-16)9-17)11-6-4-3-5-7-11/h3-7,12H,2H2,1H3/t12-,15+/m1/s1. The lowest BCUT2D eigenvalue weighted by Crippen LogP contribution is -2.24. The van der Waals surface area contributed by atoms with Crippen molar-refractivity contribution in [2.75, 3.05) is 6.61 Å². The molecule has 0 aromatic heterocycles. The van der Waals surface area contributed by atoms with Gasteiger partial charge in [-0.3, -0.25) is 4.79 Å². The van der Waals surface area contributed by atoms with Gasteiger partial charge in [0.05, 0.1) is 30.7 Å². The molecule has 0 radical (unpaired) electrons. The molecule has 0 bridgehead atoms. The molecule has 1 aliphatic rings. The minimum absolute atomic E-state index is 0.0940. The fraction of sp³-hybridized carbons (Fsp3) is 0.333. The van der Waals surface area contributed by atoms with Crippen molar-refractivity contribution in [2.45, 2.75) is 12.8 Å². The SMILES string of the molecule is CCOC(=O)[C@]1(C#N)[C@H](c2ccccc2)C1(C#N)C#N. The monoisotopic (exact) mass is 265 g/mol. The van der Waals surface area contributed by atoms with Gasteiger partial charge in [0.15, 0.2) is 10.8 Å². The van der Waals surface area contributed by atoms with Crippen LogP contribution in [0.4, 0.5) is 0 Å². The maximum absolute atomic E-state index is 12.1. The number of nitrogens with zero attached hydrogens (tertiary/aromatic N) is 3. The van der Waals surface area contributed by atoms with E-state index in [-0.39, 0.29) is 6.61 Å². The first kappa shape index (κ1) is 13.6. The number of rotatable bonds is 3. The van der Waals surface area contributed by atoms with E-state index in [9.17, 15) is 20.6 Å². The minimum Gasteiger partial charge on any atom is -0.465 e. The molecule has 1 aromatic rings. The van der Waals surface area contributed by atoms with Crippen LogP contribution in [0.1, 0.15) is 18.4 Å². The Labute approximate surface area is 116 Å². The van der Waals surface area contributed by atoms with Crippen molar-refractivity contribution in [3.05, 3.63) is 35.9 Å². The number of carbonyl (C=O) groups excluding carboxylic acids is 1. The Balaban J connectivity index is 2.58. The number of hydrogen-bond donors (Lipinski definition) is 0. The van der Waals surface area contributed by atoms with Gasteiger partial charge in [0.2, 0.25) is 0 Å². The van der Waals surface area contributed by atoms with E-state index in [0.717, 1.165) is 0 Å². The molecule has 20 heavy (non-hydrogen) atoms. The van der Waals surface area contributed by atoms with E-state index in [1.165, 1.54) is 0 Å². The van der Waals surface area contributed by atoms with Crippen LogP contribution < -0.4 is 0 Å². The summed E-state index contributed by atoms with van der Waals surface area (Å²) in [7, 11) is 0. The first-order valence-electron chi connectivity index (χ1n) is 6.10. The molecule has 0 saturated heterocycles. The number of hydrogen-bond acceptors (Lipinski definition) is 5. The van der Waals surface area contributed by atoms with E-state index >= 15 is 0 Å². The second kappa shape index (κ2) is 4.68. The largest absolute Gasteiger partial charge is 0.465 e. The van der Waals surface area contributed by atoms with Gasteiger partial charge in [0.1, 0.15) is 0 Å². The number of carbonyl (C=O) groups is 1.